The summed E-state index contributed by atoms with van der Waals surface area (Å²) in [6, 6.07) is 16.5. The van der Waals surface area contributed by atoms with Crippen LogP contribution < -0.4 is 5.32 Å². The number of carbonyl (C=O) groups excluding carboxylic acids is 1. The largest absolute Gasteiger partial charge is 0.322 e. The zero-order valence-corrected chi connectivity index (χ0v) is 15.2. The van der Waals surface area contributed by atoms with Crippen molar-refractivity contribution in [2.75, 3.05) is 38.0 Å². The quantitative estimate of drug-likeness (QED) is 0.865. The number of piperazine rings is 1. The Hall–Kier alpha value is -2.24. The first-order chi connectivity index (χ1) is 12.6. The van der Waals surface area contributed by atoms with Crippen LogP contribution in [0.2, 0.25) is 0 Å². The van der Waals surface area contributed by atoms with Crippen LogP contribution in [0.5, 0.6) is 0 Å². The highest BCUT2D eigenvalue weighted by Gasteiger charge is 2.25. The van der Waals surface area contributed by atoms with Crippen molar-refractivity contribution in [1.82, 2.24) is 9.80 Å². The second-order valence-corrected chi connectivity index (χ2v) is 6.76. The van der Waals surface area contributed by atoms with Crippen LogP contribution in [0.3, 0.4) is 0 Å². The molecule has 1 N–H and O–H groups in total. The Morgan fingerprint density at radius 1 is 1.04 bits per heavy atom. The fraction of sp³-hybridized carbons (Fsp3) is 0.381. The molecule has 26 heavy (non-hydrogen) atoms. The van der Waals surface area contributed by atoms with Gasteiger partial charge >= 0.3 is 0 Å². The van der Waals surface area contributed by atoms with E-state index in [9.17, 15) is 9.18 Å². The molecule has 0 spiro atoms. The molecule has 0 saturated carbocycles. The number of carbonyl (C=O) groups is 1. The van der Waals surface area contributed by atoms with Gasteiger partial charge in [0.15, 0.2) is 0 Å². The number of benzene rings is 2. The molecule has 1 aliphatic rings. The first-order valence-corrected chi connectivity index (χ1v) is 9.19. The fourth-order valence-corrected chi connectivity index (χ4v) is 3.27. The van der Waals surface area contributed by atoms with Crippen molar-refractivity contribution >= 4 is 11.6 Å². The van der Waals surface area contributed by atoms with Gasteiger partial charge in [-0.1, -0.05) is 42.5 Å². The van der Waals surface area contributed by atoms with Crippen LogP contribution in [0.1, 0.15) is 12.5 Å². The minimum absolute atomic E-state index is 0.159. The predicted molar refractivity (Wildman–Crippen MR) is 103 cm³/mol. The lowest BCUT2D eigenvalue weighted by Crippen LogP contribution is -2.53. The molecule has 1 saturated heterocycles. The van der Waals surface area contributed by atoms with E-state index in [1.807, 2.05) is 13.0 Å². The Kier molecular flexibility index (Phi) is 6.36. The highest BCUT2D eigenvalue weighted by Crippen LogP contribution is 2.14. The number of hydrogen-bond acceptors (Lipinski definition) is 3. The molecule has 3 rings (SSSR count). The predicted octanol–water partition coefficient (Wildman–Crippen LogP) is 3.01. The van der Waals surface area contributed by atoms with Crippen LogP contribution >= 0.6 is 0 Å². The van der Waals surface area contributed by atoms with Crippen LogP contribution in [0.4, 0.5) is 10.1 Å². The molecule has 5 heteroatoms. The minimum atomic E-state index is -0.404. The maximum Gasteiger partial charge on any atom is 0.241 e. The van der Waals surface area contributed by atoms with Crippen molar-refractivity contribution in [2.45, 2.75) is 19.4 Å². The smallest absolute Gasteiger partial charge is 0.241 e. The Labute approximate surface area is 154 Å². The number of nitrogens with one attached hydrogen (secondary N) is 1. The highest BCUT2D eigenvalue weighted by atomic mass is 19.1. The average molecular weight is 355 g/mol. The third kappa shape index (κ3) is 4.90. The van der Waals surface area contributed by atoms with Gasteiger partial charge in [-0.2, -0.15) is 0 Å². The number of rotatable bonds is 6. The van der Waals surface area contributed by atoms with E-state index in [-0.39, 0.29) is 17.6 Å². The summed E-state index contributed by atoms with van der Waals surface area (Å²) in [5, 5.41) is 2.70. The summed E-state index contributed by atoms with van der Waals surface area (Å²) in [7, 11) is 0. The lowest BCUT2D eigenvalue weighted by molar-refractivity contribution is -0.121. The molecule has 1 unspecified atom stereocenters. The summed E-state index contributed by atoms with van der Waals surface area (Å²) < 4.78 is 13.7. The van der Waals surface area contributed by atoms with E-state index in [2.05, 4.69) is 39.4 Å². The van der Waals surface area contributed by atoms with E-state index in [0.29, 0.717) is 0 Å². The first kappa shape index (κ1) is 18.5. The number of anilines is 1. The minimum Gasteiger partial charge on any atom is -0.322 e. The van der Waals surface area contributed by atoms with E-state index < -0.39 is 5.82 Å². The molecular formula is C21H26FN3O. The molecule has 1 aliphatic heterocycles. The maximum absolute atomic E-state index is 13.7. The van der Waals surface area contributed by atoms with Crippen molar-refractivity contribution in [3.8, 4) is 0 Å². The standard InChI is InChI=1S/C21H26FN3O/c1-17(21(26)23-20-10-6-5-9-19(20)22)25-15-13-24(14-16-25)12-11-18-7-3-2-4-8-18/h2-10,17H,11-16H2,1H3,(H,23,26). The molecule has 1 fully saturated rings. The number of amides is 1. The van der Waals surface area contributed by atoms with Gasteiger partial charge in [-0.25, -0.2) is 4.39 Å². The van der Waals surface area contributed by atoms with Gasteiger partial charge in [0.25, 0.3) is 0 Å². The van der Waals surface area contributed by atoms with E-state index >= 15 is 0 Å². The summed E-state index contributed by atoms with van der Waals surface area (Å²) in [4.78, 5) is 17.0. The third-order valence-electron chi connectivity index (χ3n) is 5.03. The van der Waals surface area contributed by atoms with Crippen LogP contribution in [-0.2, 0) is 11.2 Å². The first-order valence-electron chi connectivity index (χ1n) is 9.19. The van der Waals surface area contributed by atoms with Crippen molar-refractivity contribution in [2.24, 2.45) is 0 Å². The third-order valence-corrected chi connectivity index (χ3v) is 5.03. The molecule has 0 radical (unpaired) electrons. The molecule has 0 aliphatic carbocycles. The zero-order chi connectivity index (χ0) is 18.4. The van der Waals surface area contributed by atoms with Gasteiger partial charge < -0.3 is 10.2 Å². The van der Waals surface area contributed by atoms with Gasteiger partial charge in [0.05, 0.1) is 11.7 Å². The van der Waals surface area contributed by atoms with Gasteiger partial charge in [0.1, 0.15) is 5.82 Å². The van der Waals surface area contributed by atoms with Gasteiger partial charge in [0, 0.05) is 32.7 Å². The molecule has 1 atom stereocenters. The average Bonchev–Trinajstić information content (AvgIpc) is 2.69. The lowest BCUT2D eigenvalue weighted by atomic mass is 10.1. The highest BCUT2D eigenvalue weighted by molar-refractivity contribution is 5.94. The van der Waals surface area contributed by atoms with E-state index in [4.69, 9.17) is 0 Å². The molecule has 1 heterocycles. The Bertz CT molecular complexity index is 714. The summed E-state index contributed by atoms with van der Waals surface area (Å²) in [5.74, 6) is -0.563. The molecule has 138 valence electrons. The summed E-state index contributed by atoms with van der Waals surface area (Å²) in [6.45, 7) is 6.51. The second-order valence-electron chi connectivity index (χ2n) is 6.76. The van der Waals surface area contributed by atoms with Crippen molar-refractivity contribution < 1.29 is 9.18 Å². The van der Waals surface area contributed by atoms with Crippen LogP contribution in [0, 0.1) is 5.82 Å². The number of halogens is 1. The molecular weight excluding hydrogens is 329 g/mol. The second kappa shape index (κ2) is 8.92. The Balaban J connectivity index is 1.45. The van der Waals surface area contributed by atoms with Gasteiger partial charge in [-0.15, -0.1) is 0 Å². The molecule has 4 nitrogen and oxygen atoms in total. The van der Waals surface area contributed by atoms with Gasteiger partial charge in [-0.3, -0.25) is 9.69 Å². The molecule has 2 aromatic carbocycles. The van der Waals surface area contributed by atoms with E-state index in [1.54, 1.807) is 18.2 Å². The van der Waals surface area contributed by atoms with Crippen molar-refractivity contribution in [3.05, 3.63) is 66.0 Å². The van der Waals surface area contributed by atoms with Crippen LogP contribution in [0.25, 0.3) is 0 Å². The van der Waals surface area contributed by atoms with Crippen molar-refractivity contribution in [1.29, 1.82) is 0 Å². The van der Waals surface area contributed by atoms with Crippen molar-refractivity contribution in [3.63, 3.8) is 0 Å². The maximum atomic E-state index is 13.7. The number of hydrogen-bond donors (Lipinski definition) is 1. The normalized spacial score (nSPS) is 17.0. The van der Waals surface area contributed by atoms with E-state index in [0.717, 1.165) is 39.1 Å². The summed E-state index contributed by atoms with van der Waals surface area (Å²) in [6.07, 6.45) is 1.05. The summed E-state index contributed by atoms with van der Waals surface area (Å²) >= 11 is 0. The number of nitrogens with zero attached hydrogens (tertiary/aromatic N) is 2. The number of para-hydroxylation sites is 1. The van der Waals surface area contributed by atoms with Crippen LogP contribution in [-0.4, -0.2) is 54.5 Å². The van der Waals surface area contributed by atoms with E-state index in [1.165, 1.54) is 11.6 Å². The Morgan fingerprint density at radius 3 is 2.38 bits per heavy atom. The lowest BCUT2D eigenvalue weighted by Gasteiger charge is -2.37. The topological polar surface area (TPSA) is 35.6 Å². The van der Waals surface area contributed by atoms with Gasteiger partial charge in [-0.05, 0) is 31.0 Å². The summed E-state index contributed by atoms with van der Waals surface area (Å²) in [5.41, 5.74) is 1.60. The van der Waals surface area contributed by atoms with Crippen LogP contribution in [0.15, 0.2) is 54.6 Å². The fourth-order valence-electron chi connectivity index (χ4n) is 3.27. The molecule has 0 bridgehead atoms. The Morgan fingerprint density at radius 2 is 1.69 bits per heavy atom. The molecule has 2 aromatic rings. The zero-order valence-electron chi connectivity index (χ0n) is 15.2. The SMILES string of the molecule is CC(C(=O)Nc1ccccc1F)N1CCN(CCc2ccccc2)CC1. The molecule has 0 aromatic heterocycles. The molecule has 1 amide bonds. The monoisotopic (exact) mass is 355 g/mol. The van der Waals surface area contributed by atoms with Gasteiger partial charge in [0.2, 0.25) is 5.91 Å².